The molecule has 2 amide bonds. The largest absolute Gasteiger partial charge is 0.336 e. The van der Waals surface area contributed by atoms with Crippen LogP contribution in [0.2, 0.25) is 0 Å². The van der Waals surface area contributed by atoms with Crippen molar-refractivity contribution in [1.82, 2.24) is 14.2 Å². The Bertz CT molecular complexity index is 1300. The van der Waals surface area contributed by atoms with Crippen molar-refractivity contribution in [2.75, 3.05) is 31.5 Å². The fourth-order valence-corrected chi connectivity index (χ4v) is 5.28. The van der Waals surface area contributed by atoms with E-state index in [1.54, 1.807) is 53.4 Å². The van der Waals surface area contributed by atoms with Gasteiger partial charge in [0.25, 0.3) is 11.8 Å². The molecule has 1 fully saturated rings. The van der Waals surface area contributed by atoms with Crippen LogP contribution in [0.5, 0.6) is 0 Å². The summed E-state index contributed by atoms with van der Waals surface area (Å²) in [6.07, 6.45) is 3.06. The smallest absolute Gasteiger partial charge is 0.256 e. The lowest BCUT2D eigenvalue weighted by Gasteiger charge is -2.34. The van der Waals surface area contributed by atoms with Gasteiger partial charge in [-0.3, -0.25) is 14.6 Å². The van der Waals surface area contributed by atoms with Gasteiger partial charge >= 0.3 is 0 Å². The number of aromatic nitrogens is 1. The highest BCUT2D eigenvalue weighted by molar-refractivity contribution is 7.89. The number of amides is 2. The molecule has 0 spiro atoms. The molecule has 0 bridgehead atoms. The SMILES string of the molecule is Cc1ccc(S(=O)(=O)N2CCN(C(=O)c3cccc(C)c3NC(=O)c3ccncc3)CC2)cc1. The maximum absolute atomic E-state index is 13.4. The van der Waals surface area contributed by atoms with Crippen LogP contribution in [0.4, 0.5) is 5.69 Å². The molecule has 0 saturated carbocycles. The van der Waals surface area contributed by atoms with E-state index in [1.165, 1.54) is 16.7 Å². The van der Waals surface area contributed by atoms with Gasteiger partial charge in [0.2, 0.25) is 10.0 Å². The molecule has 1 aliphatic heterocycles. The van der Waals surface area contributed by atoms with Gasteiger partial charge in [-0.25, -0.2) is 8.42 Å². The van der Waals surface area contributed by atoms with Gasteiger partial charge in [0.05, 0.1) is 16.1 Å². The van der Waals surface area contributed by atoms with Gasteiger partial charge < -0.3 is 10.2 Å². The molecule has 1 saturated heterocycles. The van der Waals surface area contributed by atoms with Crippen molar-refractivity contribution in [2.45, 2.75) is 18.7 Å². The van der Waals surface area contributed by atoms with E-state index in [0.29, 0.717) is 16.8 Å². The predicted molar refractivity (Wildman–Crippen MR) is 129 cm³/mol. The van der Waals surface area contributed by atoms with Crippen LogP contribution in [-0.4, -0.2) is 60.6 Å². The summed E-state index contributed by atoms with van der Waals surface area (Å²) in [5.41, 5.74) is 3.00. The number of nitrogens with one attached hydrogen (secondary N) is 1. The van der Waals surface area contributed by atoms with Crippen LogP contribution in [0.25, 0.3) is 0 Å². The molecule has 0 radical (unpaired) electrons. The molecule has 0 atom stereocenters. The van der Waals surface area contributed by atoms with Crippen molar-refractivity contribution < 1.29 is 18.0 Å². The molecule has 1 aliphatic rings. The van der Waals surface area contributed by atoms with Crippen molar-refractivity contribution in [3.63, 3.8) is 0 Å². The van der Waals surface area contributed by atoms with Crippen molar-refractivity contribution in [3.05, 3.63) is 89.2 Å². The molecule has 2 aromatic carbocycles. The zero-order valence-corrected chi connectivity index (χ0v) is 19.9. The average Bonchev–Trinajstić information content (AvgIpc) is 2.85. The lowest BCUT2D eigenvalue weighted by Crippen LogP contribution is -2.50. The topological polar surface area (TPSA) is 99.7 Å². The number of carbonyl (C=O) groups is 2. The third-order valence-electron chi connectivity index (χ3n) is 5.87. The number of hydrogen-bond donors (Lipinski definition) is 1. The first kappa shape index (κ1) is 23.6. The van der Waals surface area contributed by atoms with Crippen molar-refractivity contribution >= 4 is 27.5 Å². The summed E-state index contributed by atoms with van der Waals surface area (Å²) >= 11 is 0. The number of rotatable bonds is 5. The Morgan fingerprint density at radius 2 is 1.53 bits per heavy atom. The van der Waals surface area contributed by atoms with E-state index in [0.717, 1.165) is 11.1 Å². The van der Waals surface area contributed by atoms with E-state index in [4.69, 9.17) is 0 Å². The molecular formula is C25H26N4O4S. The minimum absolute atomic E-state index is 0.201. The van der Waals surface area contributed by atoms with E-state index < -0.39 is 10.0 Å². The molecule has 34 heavy (non-hydrogen) atoms. The molecule has 4 rings (SSSR count). The van der Waals surface area contributed by atoms with Gasteiger partial charge in [-0.15, -0.1) is 0 Å². The molecule has 3 aromatic rings. The van der Waals surface area contributed by atoms with E-state index >= 15 is 0 Å². The fraction of sp³-hybridized carbons (Fsp3) is 0.240. The number of piperazine rings is 1. The highest BCUT2D eigenvalue weighted by atomic mass is 32.2. The first-order chi connectivity index (χ1) is 16.3. The quantitative estimate of drug-likeness (QED) is 0.608. The second-order valence-corrected chi connectivity index (χ2v) is 10.1. The molecule has 0 aliphatic carbocycles. The third-order valence-corrected chi connectivity index (χ3v) is 7.78. The van der Waals surface area contributed by atoms with Gasteiger partial charge in [0.15, 0.2) is 0 Å². The molecular weight excluding hydrogens is 452 g/mol. The van der Waals surface area contributed by atoms with Crippen molar-refractivity contribution in [3.8, 4) is 0 Å². The predicted octanol–water partition coefficient (Wildman–Crippen LogP) is 3.10. The summed E-state index contributed by atoms with van der Waals surface area (Å²) in [4.78, 5) is 31.8. The normalized spacial score (nSPS) is 14.6. The second-order valence-electron chi connectivity index (χ2n) is 8.20. The molecule has 176 valence electrons. The highest BCUT2D eigenvalue weighted by Crippen LogP contribution is 2.25. The van der Waals surface area contributed by atoms with Crippen molar-refractivity contribution in [1.29, 1.82) is 0 Å². The average molecular weight is 479 g/mol. The molecule has 0 unspecified atom stereocenters. The van der Waals surface area contributed by atoms with E-state index in [9.17, 15) is 18.0 Å². The Kier molecular flexibility index (Phi) is 6.76. The Labute approximate surface area is 199 Å². The Balaban J connectivity index is 1.49. The Hall–Kier alpha value is -3.56. The van der Waals surface area contributed by atoms with Gasteiger partial charge in [0, 0.05) is 44.1 Å². The maximum Gasteiger partial charge on any atom is 0.256 e. The summed E-state index contributed by atoms with van der Waals surface area (Å²) in [6.45, 7) is 4.65. The summed E-state index contributed by atoms with van der Waals surface area (Å²) in [5, 5.41) is 2.85. The summed E-state index contributed by atoms with van der Waals surface area (Å²) in [7, 11) is -3.62. The first-order valence-corrected chi connectivity index (χ1v) is 12.4. The molecule has 8 nitrogen and oxygen atoms in total. The number of nitrogens with zero attached hydrogens (tertiary/aromatic N) is 3. The Morgan fingerprint density at radius 3 is 2.18 bits per heavy atom. The number of sulfonamides is 1. The van der Waals surface area contributed by atoms with Gasteiger partial charge in [-0.2, -0.15) is 4.31 Å². The molecule has 2 heterocycles. The van der Waals surface area contributed by atoms with Gasteiger partial charge in [0.1, 0.15) is 0 Å². The number of para-hydroxylation sites is 1. The van der Waals surface area contributed by atoms with Crippen LogP contribution in [-0.2, 0) is 10.0 Å². The fourth-order valence-electron chi connectivity index (χ4n) is 3.86. The number of pyridine rings is 1. The van der Waals surface area contributed by atoms with Crippen LogP contribution in [0.3, 0.4) is 0 Å². The minimum Gasteiger partial charge on any atom is -0.336 e. The van der Waals surface area contributed by atoms with Crippen LogP contribution in [0.1, 0.15) is 31.8 Å². The monoisotopic (exact) mass is 478 g/mol. The first-order valence-electron chi connectivity index (χ1n) is 10.9. The van der Waals surface area contributed by atoms with Crippen LogP contribution in [0.15, 0.2) is 71.9 Å². The zero-order chi connectivity index (χ0) is 24.3. The van der Waals surface area contributed by atoms with Crippen LogP contribution >= 0.6 is 0 Å². The standard InChI is InChI=1S/C25H26N4O4S/c1-18-6-8-21(9-7-18)34(32,33)29-16-14-28(15-17-29)25(31)22-5-3-4-19(2)23(22)27-24(30)20-10-12-26-13-11-20/h3-13H,14-17H2,1-2H3,(H,27,30). The van der Waals surface area contributed by atoms with Gasteiger partial charge in [-0.05, 0) is 49.7 Å². The Morgan fingerprint density at radius 1 is 0.882 bits per heavy atom. The third kappa shape index (κ3) is 4.85. The minimum atomic E-state index is -3.62. The number of benzene rings is 2. The summed E-state index contributed by atoms with van der Waals surface area (Å²) in [5.74, 6) is -0.583. The number of carbonyl (C=O) groups excluding carboxylic acids is 2. The van der Waals surface area contributed by atoms with Crippen LogP contribution < -0.4 is 5.32 Å². The van der Waals surface area contributed by atoms with E-state index in [-0.39, 0.29) is 42.9 Å². The highest BCUT2D eigenvalue weighted by Gasteiger charge is 2.31. The summed E-state index contributed by atoms with van der Waals surface area (Å²) < 4.78 is 27.3. The molecule has 1 aromatic heterocycles. The van der Waals surface area contributed by atoms with E-state index in [2.05, 4.69) is 10.3 Å². The lowest BCUT2D eigenvalue weighted by molar-refractivity contribution is 0.0699. The van der Waals surface area contributed by atoms with Gasteiger partial charge in [-0.1, -0.05) is 29.8 Å². The molecule has 1 N–H and O–H groups in total. The second kappa shape index (κ2) is 9.74. The van der Waals surface area contributed by atoms with E-state index in [1.807, 2.05) is 19.9 Å². The van der Waals surface area contributed by atoms with Crippen LogP contribution in [0, 0.1) is 13.8 Å². The van der Waals surface area contributed by atoms with Crippen molar-refractivity contribution in [2.24, 2.45) is 0 Å². The zero-order valence-electron chi connectivity index (χ0n) is 19.1. The summed E-state index contributed by atoms with van der Waals surface area (Å²) in [6, 6.07) is 15.2. The lowest BCUT2D eigenvalue weighted by atomic mass is 10.1. The number of hydrogen-bond acceptors (Lipinski definition) is 5. The maximum atomic E-state index is 13.4. The number of anilines is 1. The number of aryl methyl sites for hydroxylation is 2. The molecule has 9 heteroatoms.